The molecule has 0 fully saturated rings. The Morgan fingerprint density at radius 3 is 2.22 bits per heavy atom. The van der Waals surface area contributed by atoms with Gasteiger partial charge in [0.1, 0.15) is 11.6 Å². The number of fused-ring (bicyclic) bond motifs is 2. The second-order valence-corrected chi connectivity index (χ2v) is 11.1. The molecular weight excluding hydrogens is 512 g/mol. The number of nitrogens with zero attached hydrogens (tertiary/aromatic N) is 6. The predicted octanol–water partition coefficient (Wildman–Crippen LogP) is 6.72. The van der Waals surface area contributed by atoms with Gasteiger partial charge in [-0.25, -0.2) is 19.6 Å². The van der Waals surface area contributed by atoms with Crippen molar-refractivity contribution in [2.45, 2.75) is 39.2 Å². The van der Waals surface area contributed by atoms with E-state index in [1.165, 1.54) is 0 Å². The molecule has 0 spiro atoms. The van der Waals surface area contributed by atoms with Crippen LogP contribution in [0.5, 0.6) is 5.75 Å². The van der Waals surface area contributed by atoms with E-state index in [4.69, 9.17) is 19.8 Å². The topological polar surface area (TPSA) is 94.7 Å². The van der Waals surface area contributed by atoms with Crippen molar-refractivity contribution in [3.05, 3.63) is 91.1 Å². The number of anilines is 3. The van der Waals surface area contributed by atoms with Crippen LogP contribution < -0.4 is 15.4 Å². The van der Waals surface area contributed by atoms with E-state index in [0.717, 1.165) is 64.3 Å². The summed E-state index contributed by atoms with van der Waals surface area (Å²) >= 11 is 0. The first-order valence-corrected chi connectivity index (χ1v) is 13.8. The van der Waals surface area contributed by atoms with Crippen molar-refractivity contribution in [3.63, 3.8) is 0 Å². The highest BCUT2D eigenvalue weighted by Gasteiger charge is 2.22. The van der Waals surface area contributed by atoms with Gasteiger partial charge in [0.25, 0.3) is 0 Å². The molecule has 0 aliphatic carbocycles. The van der Waals surface area contributed by atoms with Gasteiger partial charge in [0, 0.05) is 37.0 Å². The van der Waals surface area contributed by atoms with Gasteiger partial charge in [-0.1, -0.05) is 45.0 Å². The Labute approximate surface area is 239 Å². The molecule has 3 aromatic heterocycles. The number of rotatable bonds is 9. The molecule has 208 valence electrons. The molecule has 0 unspecified atom stereocenters. The van der Waals surface area contributed by atoms with Crippen molar-refractivity contribution in [2.24, 2.45) is 0 Å². The van der Waals surface area contributed by atoms with Gasteiger partial charge in [0.2, 0.25) is 0 Å². The lowest BCUT2D eigenvalue weighted by Crippen LogP contribution is -2.12. The van der Waals surface area contributed by atoms with E-state index < -0.39 is 0 Å². The summed E-state index contributed by atoms with van der Waals surface area (Å²) in [5, 5.41) is 14.3. The fraction of sp³-hybridized carbons (Fsp3) is 0.250. The lowest BCUT2D eigenvalue weighted by Gasteiger charge is -2.15. The minimum Gasteiger partial charge on any atom is -0.497 e. The third-order valence-corrected chi connectivity index (χ3v) is 7.02. The van der Waals surface area contributed by atoms with Gasteiger partial charge in [0.05, 0.1) is 35.9 Å². The Morgan fingerprint density at radius 1 is 0.878 bits per heavy atom. The van der Waals surface area contributed by atoms with Crippen LogP contribution in [0.25, 0.3) is 27.5 Å². The first kappa shape index (κ1) is 26.3. The van der Waals surface area contributed by atoms with E-state index in [1.807, 2.05) is 53.6 Å². The lowest BCUT2D eigenvalue weighted by molar-refractivity contribution is 0.414. The summed E-state index contributed by atoms with van der Waals surface area (Å²) in [6.07, 6.45) is 6.51. The van der Waals surface area contributed by atoms with E-state index in [2.05, 4.69) is 71.3 Å². The summed E-state index contributed by atoms with van der Waals surface area (Å²) in [7, 11) is 1.67. The van der Waals surface area contributed by atoms with Gasteiger partial charge < -0.3 is 19.9 Å². The standard InChI is InChI=1S/C32H34N8O/c1-32(2,3)28-20-29(40(38-28)24-10-12-25(41-4)13-11-24)37-31-30(34-14-7-16-39-17-15-33-21-39)35-26-18-22-8-5-6-9-23(22)19-27(26)36-31/h5-6,8-13,15,17-21H,7,14,16H2,1-4H3,(H,34,35)(H,36,37). The summed E-state index contributed by atoms with van der Waals surface area (Å²) in [6, 6.07) is 22.4. The number of hydrogen-bond acceptors (Lipinski definition) is 7. The molecule has 0 saturated carbocycles. The number of aromatic nitrogens is 6. The molecule has 0 radical (unpaired) electrons. The Balaban J connectivity index is 1.39. The van der Waals surface area contributed by atoms with Gasteiger partial charge in [-0.15, -0.1) is 0 Å². The molecule has 3 aromatic carbocycles. The molecule has 2 N–H and O–H groups in total. The van der Waals surface area contributed by atoms with Crippen LogP contribution in [0.1, 0.15) is 32.9 Å². The highest BCUT2D eigenvalue weighted by atomic mass is 16.5. The number of methoxy groups -OCH3 is 1. The first-order valence-electron chi connectivity index (χ1n) is 13.8. The zero-order chi connectivity index (χ0) is 28.4. The number of ether oxygens (including phenoxy) is 1. The molecule has 9 heteroatoms. The zero-order valence-electron chi connectivity index (χ0n) is 23.8. The predicted molar refractivity (Wildman–Crippen MR) is 164 cm³/mol. The average molecular weight is 547 g/mol. The summed E-state index contributed by atoms with van der Waals surface area (Å²) in [6.45, 7) is 8.06. The molecular formula is C32H34N8O. The Bertz CT molecular complexity index is 1780. The van der Waals surface area contributed by atoms with E-state index in [-0.39, 0.29) is 5.41 Å². The number of imidazole rings is 1. The number of hydrogen-bond donors (Lipinski definition) is 2. The molecule has 6 aromatic rings. The van der Waals surface area contributed by atoms with Crippen LogP contribution in [0.2, 0.25) is 0 Å². The fourth-order valence-corrected chi connectivity index (χ4v) is 4.72. The van der Waals surface area contributed by atoms with Gasteiger partial charge >= 0.3 is 0 Å². The highest BCUT2D eigenvalue weighted by molar-refractivity contribution is 5.96. The number of benzene rings is 3. The molecule has 0 atom stereocenters. The number of aryl methyl sites for hydroxylation is 1. The first-order chi connectivity index (χ1) is 19.9. The largest absolute Gasteiger partial charge is 0.497 e. The molecule has 0 aliphatic heterocycles. The van der Waals surface area contributed by atoms with Crippen molar-refractivity contribution >= 4 is 39.3 Å². The zero-order valence-corrected chi connectivity index (χ0v) is 23.8. The van der Waals surface area contributed by atoms with Crippen molar-refractivity contribution in [1.29, 1.82) is 0 Å². The smallest absolute Gasteiger partial charge is 0.175 e. The van der Waals surface area contributed by atoms with E-state index in [1.54, 1.807) is 13.3 Å². The van der Waals surface area contributed by atoms with E-state index in [9.17, 15) is 0 Å². The molecule has 0 saturated heterocycles. The van der Waals surface area contributed by atoms with Crippen molar-refractivity contribution < 1.29 is 4.74 Å². The summed E-state index contributed by atoms with van der Waals surface area (Å²) < 4.78 is 9.35. The third-order valence-electron chi connectivity index (χ3n) is 7.02. The lowest BCUT2D eigenvalue weighted by atomic mass is 9.92. The fourth-order valence-electron chi connectivity index (χ4n) is 4.72. The minimum absolute atomic E-state index is 0.142. The second kappa shape index (κ2) is 10.9. The Morgan fingerprint density at radius 2 is 1.59 bits per heavy atom. The van der Waals surface area contributed by atoms with Crippen LogP contribution in [0.4, 0.5) is 17.5 Å². The molecule has 41 heavy (non-hydrogen) atoms. The second-order valence-electron chi connectivity index (χ2n) is 11.1. The normalized spacial score (nSPS) is 11.7. The van der Waals surface area contributed by atoms with Crippen LogP contribution in [-0.4, -0.2) is 43.0 Å². The monoisotopic (exact) mass is 546 g/mol. The molecule has 0 amide bonds. The van der Waals surface area contributed by atoms with Gasteiger partial charge in [-0.2, -0.15) is 5.10 Å². The van der Waals surface area contributed by atoms with Crippen molar-refractivity contribution in [2.75, 3.05) is 24.3 Å². The minimum atomic E-state index is -0.142. The van der Waals surface area contributed by atoms with Crippen molar-refractivity contribution in [3.8, 4) is 11.4 Å². The average Bonchev–Trinajstić information content (AvgIpc) is 3.65. The molecule has 3 heterocycles. The summed E-state index contributed by atoms with van der Waals surface area (Å²) in [5.41, 5.74) is 3.40. The summed E-state index contributed by atoms with van der Waals surface area (Å²) in [4.78, 5) is 14.2. The van der Waals surface area contributed by atoms with Gasteiger partial charge in [0.15, 0.2) is 11.6 Å². The van der Waals surface area contributed by atoms with Crippen LogP contribution in [0.15, 0.2) is 85.5 Å². The Hall–Kier alpha value is -4.92. The van der Waals surface area contributed by atoms with Crippen molar-refractivity contribution in [1.82, 2.24) is 29.3 Å². The molecule has 0 aliphatic rings. The third kappa shape index (κ3) is 5.70. The Kier molecular flexibility index (Phi) is 7.01. The SMILES string of the molecule is COc1ccc(-n2nc(C(C)(C)C)cc2Nc2nc3cc4ccccc4cc3nc2NCCCn2ccnc2)cc1. The highest BCUT2D eigenvalue weighted by Crippen LogP contribution is 2.32. The van der Waals surface area contributed by atoms with Crippen LogP contribution in [0, 0.1) is 0 Å². The molecule has 0 bridgehead atoms. The maximum absolute atomic E-state index is 5.37. The maximum atomic E-state index is 5.37. The maximum Gasteiger partial charge on any atom is 0.175 e. The summed E-state index contributed by atoms with van der Waals surface area (Å²) in [5.74, 6) is 2.93. The molecule has 9 nitrogen and oxygen atoms in total. The van der Waals surface area contributed by atoms with Crippen LogP contribution in [-0.2, 0) is 12.0 Å². The van der Waals surface area contributed by atoms with Crippen LogP contribution in [0.3, 0.4) is 0 Å². The van der Waals surface area contributed by atoms with E-state index >= 15 is 0 Å². The van der Waals surface area contributed by atoms with E-state index in [0.29, 0.717) is 11.6 Å². The quantitative estimate of drug-likeness (QED) is 0.154. The van der Waals surface area contributed by atoms with Gasteiger partial charge in [-0.05, 0) is 53.6 Å². The van der Waals surface area contributed by atoms with Crippen LogP contribution >= 0.6 is 0 Å². The number of nitrogens with one attached hydrogen (secondary N) is 2. The van der Waals surface area contributed by atoms with Gasteiger partial charge in [-0.3, -0.25) is 0 Å². The molecule has 6 rings (SSSR count).